The molecule has 0 radical (unpaired) electrons. The van der Waals surface area contributed by atoms with Gasteiger partial charge < -0.3 is 39.0 Å². The molecule has 0 amide bonds. The molecule has 14 heteroatoms. The monoisotopic (exact) mass is 1300 g/mol. The largest absolute Gasteiger partial charge is 0.507 e. The predicted molar refractivity (Wildman–Crippen MR) is 386 cm³/mol. The first-order valence-corrected chi connectivity index (χ1v) is 36.3. The number of rotatable bonds is 42. The highest BCUT2D eigenvalue weighted by Crippen LogP contribution is 2.37. The summed E-state index contributed by atoms with van der Waals surface area (Å²) in [5.41, 5.74) is 15.8. The third kappa shape index (κ3) is 24.6. The molecule has 14 nitrogen and oxygen atoms in total. The molecular formula is C81H118N6O8. The van der Waals surface area contributed by atoms with E-state index in [9.17, 15) is 15.3 Å². The first-order valence-electron chi connectivity index (χ1n) is 36.3. The summed E-state index contributed by atoms with van der Waals surface area (Å²) < 4.78 is 30.9. The topological polar surface area (TPSA) is 179 Å². The van der Waals surface area contributed by atoms with Crippen LogP contribution in [-0.4, -0.2) is 73.8 Å². The van der Waals surface area contributed by atoms with Crippen molar-refractivity contribution < 1.29 is 39.0 Å². The first kappa shape index (κ1) is 74.9. The van der Waals surface area contributed by atoms with Gasteiger partial charge in [0.15, 0.2) is 0 Å². The second-order valence-corrected chi connectivity index (χ2v) is 27.5. The Morgan fingerprint density at radius 1 is 0.326 bits per heavy atom. The number of aliphatic hydroxyl groups is 1. The summed E-state index contributed by atoms with van der Waals surface area (Å²) in [5, 5.41) is 56.2. The van der Waals surface area contributed by atoms with Crippen molar-refractivity contribution >= 4 is 0 Å². The second-order valence-electron chi connectivity index (χ2n) is 27.5. The van der Waals surface area contributed by atoms with Crippen LogP contribution in [-0.2, 0) is 14.2 Å². The van der Waals surface area contributed by atoms with Crippen molar-refractivity contribution in [3.63, 3.8) is 0 Å². The van der Waals surface area contributed by atoms with E-state index in [1.54, 1.807) is 12.1 Å². The highest BCUT2D eigenvalue weighted by molar-refractivity contribution is 5.45. The number of aromatic hydroxyl groups is 2. The van der Waals surface area contributed by atoms with Crippen LogP contribution in [0.25, 0.3) is 0 Å². The van der Waals surface area contributed by atoms with Crippen LogP contribution in [0.2, 0.25) is 0 Å². The molecule has 0 bridgehead atoms. The van der Waals surface area contributed by atoms with Crippen LogP contribution in [0.5, 0.6) is 23.0 Å². The number of benzene rings is 6. The Morgan fingerprint density at radius 2 is 0.621 bits per heavy atom. The van der Waals surface area contributed by atoms with Gasteiger partial charge in [0.05, 0.1) is 50.2 Å². The van der Waals surface area contributed by atoms with E-state index >= 15 is 0 Å². The normalized spacial score (nSPS) is 18.8. The lowest BCUT2D eigenvalue weighted by atomic mass is 9.98. The van der Waals surface area contributed by atoms with Gasteiger partial charge in [-0.05, 0) is 143 Å². The summed E-state index contributed by atoms with van der Waals surface area (Å²) in [6.07, 6.45) is 23.4. The maximum absolute atomic E-state index is 11.7. The smallest absolute Gasteiger partial charge is 0.125 e. The van der Waals surface area contributed by atoms with Gasteiger partial charge >= 0.3 is 0 Å². The molecule has 0 aromatic heterocycles. The Kier molecular flexibility index (Phi) is 31.6. The summed E-state index contributed by atoms with van der Waals surface area (Å²) in [7, 11) is 0. The minimum absolute atomic E-state index is 0.0645. The lowest BCUT2D eigenvalue weighted by molar-refractivity contribution is -0.0389. The maximum Gasteiger partial charge on any atom is 0.125 e. The van der Waals surface area contributed by atoms with Crippen molar-refractivity contribution in [3.8, 4) is 23.0 Å². The summed E-state index contributed by atoms with van der Waals surface area (Å²) in [5.74, 6) is 1.35. The SMILES string of the molecule is CCCCCCCCCCCCCOCC(COc1ccc(C2NC(c3ccc(C)cc3C)NC(c3ccc(C)cc3C)N2)c(O)c1)OCCCCCCCCCCCCOCC(O)COc1ccc(C2NC(c3ccc(C)cc3C)NC(c3ccc(C)cc3C)N2)c(O)c1. The Morgan fingerprint density at radius 3 is 0.958 bits per heavy atom. The molecule has 0 saturated carbocycles. The molecule has 2 saturated heterocycles. The number of hydrogen-bond donors (Lipinski definition) is 9. The van der Waals surface area contributed by atoms with Gasteiger partial charge in [0.2, 0.25) is 0 Å². The molecule has 6 unspecified atom stereocenters. The number of unbranched alkanes of at least 4 members (excludes halogenated alkanes) is 19. The van der Waals surface area contributed by atoms with Crippen LogP contribution in [0, 0.1) is 55.4 Å². The summed E-state index contributed by atoms with van der Waals surface area (Å²) >= 11 is 0. The van der Waals surface area contributed by atoms with Gasteiger partial charge in [0.25, 0.3) is 0 Å². The van der Waals surface area contributed by atoms with Crippen molar-refractivity contribution in [2.45, 2.75) is 246 Å². The molecule has 6 aromatic rings. The minimum atomic E-state index is -0.786. The molecule has 6 aromatic carbocycles. The Labute approximate surface area is 570 Å². The highest BCUT2D eigenvalue weighted by Gasteiger charge is 2.34. The number of hydrogen-bond acceptors (Lipinski definition) is 14. The molecule has 6 atom stereocenters. The van der Waals surface area contributed by atoms with E-state index in [2.05, 4.69) is 167 Å². The fourth-order valence-corrected chi connectivity index (χ4v) is 13.5. The van der Waals surface area contributed by atoms with Crippen molar-refractivity contribution in [1.82, 2.24) is 31.9 Å². The lowest BCUT2D eigenvalue weighted by Gasteiger charge is -2.40. The molecule has 8 rings (SSSR count). The number of nitrogens with one attached hydrogen (secondary N) is 6. The van der Waals surface area contributed by atoms with Gasteiger partial charge in [-0.25, -0.2) is 0 Å². The highest BCUT2D eigenvalue weighted by atomic mass is 16.6. The Balaban J connectivity index is 0.705. The zero-order valence-electron chi connectivity index (χ0n) is 59.2. The summed E-state index contributed by atoms with van der Waals surface area (Å²) in [4.78, 5) is 0. The van der Waals surface area contributed by atoms with Crippen LogP contribution in [0.4, 0.5) is 0 Å². The van der Waals surface area contributed by atoms with Crippen molar-refractivity contribution in [2.24, 2.45) is 0 Å². The van der Waals surface area contributed by atoms with Crippen LogP contribution >= 0.6 is 0 Å². The molecule has 2 heterocycles. The molecule has 2 fully saturated rings. The fourth-order valence-electron chi connectivity index (χ4n) is 13.5. The molecule has 0 aliphatic carbocycles. The van der Waals surface area contributed by atoms with E-state index < -0.39 is 6.10 Å². The quantitative estimate of drug-likeness (QED) is 0.0165. The lowest BCUT2D eigenvalue weighted by Crippen LogP contribution is -2.54. The van der Waals surface area contributed by atoms with E-state index in [-0.39, 0.29) is 67.8 Å². The van der Waals surface area contributed by atoms with Crippen LogP contribution in [0.3, 0.4) is 0 Å². The van der Waals surface area contributed by atoms with Crippen LogP contribution in [0.15, 0.2) is 109 Å². The summed E-state index contributed by atoms with van der Waals surface area (Å²) in [6, 6.07) is 37.1. The fraction of sp³-hybridized carbons (Fsp3) is 0.556. The molecule has 0 spiro atoms. The van der Waals surface area contributed by atoms with E-state index in [0.717, 1.165) is 55.4 Å². The first-order chi connectivity index (χ1) is 46.1. The molecule has 2 aliphatic heterocycles. The number of aliphatic hydroxyl groups excluding tert-OH is 1. The van der Waals surface area contributed by atoms with Gasteiger partial charge in [0.1, 0.15) is 48.4 Å². The Bertz CT molecular complexity index is 3110. The van der Waals surface area contributed by atoms with E-state index in [4.69, 9.17) is 23.7 Å². The standard InChI is InChI=1S/C81H118N6O8/c1-10-11-12-13-14-15-16-19-23-26-29-44-92-54-67(55-95-66-36-42-73(75(90)51-66)81-86-78(70-39-33-58(4)48-62(70)8)83-79(87-81)71-40-34-59(5)49-63(71)9)93-45-30-27-24-21-18-17-20-22-25-28-43-91-52-64(88)53-94-65-35-41-72(74(89)50-65)80-84-76(68-37-31-56(2)46-60(68)6)82-77(85-80)69-38-32-57(3)47-61(69)7/h31-42,46-51,64,67,76-90H,10-30,43-45,52-55H2,1-9H3. The predicted octanol–water partition coefficient (Wildman–Crippen LogP) is 17.4. The molecular weight excluding hydrogens is 1180 g/mol. The number of aryl methyl sites for hydroxylation is 8. The molecule has 2 aliphatic rings. The van der Waals surface area contributed by atoms with Crippen LogP contribution < -0.4 is 41.4 Å². The Hall–Kier alpha value is -5.88. The van der Waals surface area contributed by atoms with Gasteiger partial charge in [0, 0.05) is 43.1 Å². The van der Waals surface area contributed by atoms with Gasteiger partial charge in [-0.15, -0.1) is 0 Å². The van der Waals surface area contributed by atoms with Crippen molar-refractivity contribution in [2.75, 3.05) is 46.2 Å². The van der Waals surface area contributed by atoms with Crippen LogP contribution in [0.1, 0.15) is 257 Å². The molecule has 520 valence electrons. The van der Waals surface area contributed by atoms with Crippen molar-refractivity contribution in [3.05, 3.63) is 187 Å². The zero-order chi connectivity index (χ0) is 67.3. The second kappa shape index (κ2) is 40.1. The number of ether oxygens (including phenoxy) is 5. The third-order valence-electron chi connectivity index (χ3n) is 19.0. The average Bonchev–Trinajstić information content (AvgIpc) is 0.811. The maximum atomic E-state index is 11.7. The van der Waals surface area contributed by atoms with E-state index in [1.165, 1.54) is 158 Å². The minimum Gasteiger partial charge on any atom is -0.507 e. The molecule has 95 heavy (non-hydrogen) atoms. The van der Waals surface area contributed by atoms with Gasteiger partial charge in [-0.3, -0.25) is 31.9 Å². The van der Waals surface area contributed by atoms with Gasteiger partial charge in [-0.1, -0.05) is 218 Å². The zero-order valence-corrected chi connectivity index (χ0v) is 59.2. The third-order valence-corrected chi connectivity index (χ3v) is 19.0. The van der Waals surface area contributed by atoms with E-state index in [1.807, 2.05) is 24.3 Å². The number of phenolic OH excluding ortho intramolecular Hbond substituents is 2. The summed E-state index contributed by atoms with van der Waals surface area (Å²) in [6.45, 7) is 22.4. The van der Waals surface area contributed by atoms with E-state index in [0.29, 0.717) is 43.5 Å². The average molecular weight is 1300 g/mol. The van der Waals surface area contributed by atoms with Crippen molar-refractivity contribution in [1.29, 1.82) is 0 Å². The number of phenols is 2. The van der Waals surface area contributed by atoms with Gasteiger partial charge in [-0.2, -0.15) is 0 Å². The molecule has 9 N–H and O–H groups in total.